The van der Waals surface area contributed by atoms with Crippen LogP contribution in [0.3, 0.4) is 0 Å². The second-order valence-corrected chi connectivity index (χ2v) is 7.76. The Hall–Kier alpha value is -3.21. The molecule has 1 saturated heterocycles. The van der Waals surface area contributed by atoms with Crippen molar-refractivity contribution < 1.29 is 9.53 Å². The molecule has 0 aromatic carbocycles. The summed E-state index contributed by atoms with van der Waals surface area (Å²) in [5, 5.41) is 12.4. The van der Waals surface area contributed by atoms with Gasteiger partial charge in [0.25, 0.3) is 0 Å². The van der Waals surface area contributed by atoms with Gasteiger partial charge in [-0.2, -0.15) is 5.26 Å². The Morgan fingerprint density at radius 3 is 2.79 bits per heavy atom. The molecule has 0 spiro atoms. The highest BCUT2D eigenvalue weighted by Crippen LogP contribution is 2.22. The molecular formula is C20H24N6O2. The Bertz CT molecular complexity index is 916. The molecule has 8 nitrogen and oxygen atoms in total. The number of anilines is 1. The molecule has 1 unspecified atom stereocenters. The topological polar surface area (TPSA) is 104 Å². The Balaban J connectivity index is 1.65. The number of carbonyl (C=O) groups excluding carboxylic acids is 1. The number of nitriles is 1. The fourth-order valence-electron chi connectivity index (χ4n) is 3.01. The summed E-state index contributed by atoms with van der Waals surface area (Å²) in [4.78, 5) is 26.9. The average molecular weight is 380 g/mol. The number of nitrogens with zero attached hydrogens (tertiary/aromatic N) is 5. The van der Waals surface area contributed by atoms with E-state index in [0.717, 1.165) is 23.5 Å². The van der Waals surface area contributed by atoms with Crippen LogP contribution in [0.15, 0.2) is 24.4 Å². The van der Waals surface area contributed by atoms with Crippen LogP contribution in [0, 0.1) is 18.3 Å². The van der Waals surface area contributed by atoms with Gasteiger partial charge in [0.1, 0.15) is 23.2 Å². The number of carbonyl (C=O) groups is 1. The first-order chi connectivity index (χ1) is 13.2. The first kappa shape index (κ1) is 19.5. The molecular weight excluding hydrogens is 356 g/mol. The Morgan fingerprint density at radius 1 is 1.32 bits per heavy atom. The van der Waals surface area contributed by atoms with Crippen LogP contribution >= 0.6 is 0 Å². The number of likely N-dealkylation sites (tertiary alicyclic amines) is 1. The number of rotatable bonds is 3. The number of ether oxygens (including phenoxy) is 1. The van der Waals surface area contributed by atoms with Gasteiger partial charge in [0.05, 0.1) is 5.69 Å². The minimum atomic E-state index is -0.498. The van der Waals surface area contributed by atoms with Crippen molar-refractivity contribution in [3.63, 3.8) is 0 Å². The van der Waals surface area contributed by atoms with E-state index in [4.69, 9.17) is 10.00 Å². The number of pyridine rings is 1. The number of hydrogen-bond donors (Lipinski definition) is 1. The van der Waals surface area contributed by atoms with Crippen LogP contribution in [0.2, 0.25) is 0 Å². The lowest BCUT2D eigenvalue weighted by Crippen LogP contribution is -2.36. The smallest absolute Gasteiger partial charge is 0.410 e. The molecule has 3 heterocycles. The van der Waals surface area contributed by atoms with Crippen LogP contribution in [-0.4, -0.2) is 50.7 Å². The van der Waals surface area contributed by atoms with Crippen molar-refractivity contribution in [3.05, 3.63) is 35.8 Å². The number of aryl methyl sites for hydroxylation is 1. The third kappa shape index (κ3) is 4.74. The average Bonchev–Trinajstić information content (AvgIpc) is 3.09. The van der Waals surface area contributed by atoms with Crippen molar-refractivity contribution in [3.8, 4) is 17.5 Å². The molecule has 2 aromatic heterocycles. The van der Waals surface area contributed by atoms with Crippen molar-refractivity contribution in [2.45, 2.75) is 45.8 Å². The quantitative estimate of drug-likeness (QED) is 0.872. The van der Waals surface area contributed by atoms with E-state index in [0.29, 0.717) is 24.6 Å². The summed E-state index contributed by atoms with van der Waals surface area (Å²) in [5.41, 5.74) is 1.37. The summed E-state index contributed by atoms with van der Waals surface area (Å²) in [6.45, 7) is 8.69. The molecule has 28 heavy (non-hydrogen) atoms. The molecule has 1 N–H and O–H groups in total. The fraction of sp³-hybridized carbons (Fsp3) is 0.450. The zero-order valence-corrected chi connectivity index (χ0v) is 16.6. The summed E-state index contributed by atoms with van der Waals surface area (Å²) in [5.74, 6) is 1.21. The molecule has 0 aliphatic carbocycles. The van der Waals surface area contributed by atoms with Crippen LogP contribution in [-0.2, 0) is 4.74 Å². The van der Waals surface area contributed by atoms with E-state index in [1.807, 2.05) is 45.9 Å². The summed E-state index contributed by atoms with van der Waals surface area (Å²) >= 11 is 0. The summed E-state index contributed by atoms with van der Waals surface area (Å²) < 4.78 is 5.43. The van der Waals surface area contributed by atoms with E-state index in [-0.39, 0.29) is 12.1 Å². The van der Waals surface area contributed by atoms with Crippen LogP contribution in [0.5, 0.6) is 0 Å². The predicted octanol–water partition coefficient (Wildman–Crippen LogP) is 3.14. The first-order valence-corrected chi connectivity index (χ1v) is 9.21. The maximum absolute atomic E-state index is 12.2. The van der Waals surface area contributed by atoms with E-state index in [1.54, 1.807) is 17.2 Å². The maximum atomic E-state index is 12.2. The molecule has 146 valence electrons. The second-order valence-electron chi connectivity index (χ2n) is 7.76. The van der Waals surface area contributed by atoms with Crippen molar-refractivity contribution in [2.75, 3.05) is 18.4 Å². The minimum Gasteiger partial charge on any atom is -0.444 e. The molecule has 1 fully saturated rings. The summed E-state index contributed by atoms with van der Waals surface area (Å²) in [6, 6.07) is 7.45. The molecule has 1 aliphatic heterocycles. The lowest BCUT2D eigenvalue weighted by molar-refractivity contribution is 0.0293. The summed E-state index contributed by atoms with van der Waals surface area (Å²) in [7, 11) is 0. The van der Waals surface area contributed by atoms with Crippen LogP contribution < -0.4 is 5.32 Å². The van der Waals surface area contributed by atoms with Crippen molar-refractivity contribution in [1.29, 1.82) is 5.26 Å². The van der Waals surface area contributed by atoms with Crippen molar-refractivity contribution >= 4 is 11.9 Å². The highest BCUT2D eigenvalue weighted by Gasteiger charge is 2.29. The molecule has 1 atom stereocenters. The molecule has 1 amide bonds. The minimum absolute atomic E-state index is 0.114. The van der Waals surface area contributed by atoms with E-state index < -0.39 is 5.60 Å². The zero-order chi connectivity index (χ0) is 20.3. The Kier molecular flexibility index (Phi) is 5.45. The molecule has 0 saturated carbocycles. The van der Waals surface area contributed by atoms with Gasteiger partial charge < -0.3 is 15.0 Å². The zero-order valence-electron chi connectivity index (χ0n) is 16.6. The molecule has 1 aliphatic rings. The van der Waals surface area contributed by atoms with E-state index in [1.165, 1.54) is 0 Å². The van der Waals surface area contributed by atoms with Crippen LogP contribution in [0.25, 0.3) is 11.4 Å². The molecule has 8 heteroatoms. The van der Waals surface area contributed by atoms with Gasteiger partial charge >= 0.3 is 6.09 Å². The van der Waals surface area contributed by atoms with E-state index >= 15 is 0 Å². The third-order valence-electron chi connectivity index (χ3n) is 4.29. The highest BCUT2D eigenvalue weighted by atomic mass is 16.6. The van der Waals surface area contributed by atoms with Gasteiger partial charge in [0.15, 0.2) is 5.82 Å². The van der Waals surface area contributed by atoms with Gasteiger partial charge in [-0.05, 0) is 52.3 Å². The SMILES string of the molecule is Cc1nc(NC2CCN(C(=O)OC(C)(C)C)C2)ccc1-c1nccc(C#N)n1. The fourth-order valence-corrected chi connectivity index (χ4v) is 3.01. The molecule has 3 rings (SSSR count). The van der Waals surface area contributed by atoms with E-state index in [9.17, 15) is 4.79 Å². The standard InChI is InChI=1S/C20H24N6O2/c1-13-16(18-22-9-7-14(11-21)25-18)5-6-17(23-13)24-15-8-10-26(12-15)19(27)28-20(2,3)4/h5-7,9,15H,8,10,12H2,1-4H3,(H,23,24). The maximum Gasteiger partial charge on any atom is 0.410 e. The van der Waals surface area contributed by atoms with Crippen LogP contribution in [0.1, 0.15) is 38.6 Å². The van der Waals surface area contributed by atoms with Crippen LogP contribution in [0.4, 0.5) is 10.6 Å². The Labute approximate surface area is 164 Å². The third-order valence-corrected chi connectivity index (χ3v) is 4.29. The molecule has 0 bridgehead atoms. The van der Waals surface area contributed by atoms with E-state index in [2.05, 4.69) is 20.3 Å². The number of aromatic nitrogens is 3. The number of amides is 1. The molecule has 2 aromatic rings. The largest absolute Gasteiger partial charge is 0.444 e. The van der Waals surface area contributed by atoms with Crippen molar-refractivity contribution in [2.24, 2.45) is 0 Å². The lowest BCUT2D eigenvalue weighted by atomic mass is 10.2. The predicted molar refractivity (Wildman–Crippen MR) is 105 cm³/mol. The first-order valence-electron chi connectivity index (χ1n) is 9.21. The normalized spacial score (nSPS) is 16.5. The van der Waals surface area contributed by atoms with Gasteiger partial charge in [-0.3, -0.25) is 0 Å². The van der Waals surface area contributed by atoms with Gasteiger partial charge in [0.2, 0.25) is 0 Å². The van der Waals surface area contributed by atoms with Gasteiger partial charge in [0, 0.05) is 30.9 Å². The Morgan fingerprint density at radius 2 is 2.11 bits per heavy atom. The summed E-state index contributed by atoms with van der Waals surface area (Å²) in [6.07, 6.45) is 2.11. The number of nitrogens with one attached hydrogen (secondary N) is 1. The highest BCUT2D eigenvalue weighted by molar-refractivity contribution is 5.68. The monoisotopic (exact) mass is 380 g/mol. The number of hydrogen-bond acceptors (Lipinski definition) is 7. The van der Waals surface area contributed by atoms with Gasteiger partial charge in [-0.15, -0.1) is 0 Å². The second kappa shape index (κ2) is 7.80. The molecule has 0 radical (unpaired) electrons. The van der Waals surface area contributed by atoms with Crippen molar-refractivity contribution in [1.82, 2.24) is 19.9 Å². The van der Waals surface area contributed by atoms with Gasteiger partial charge in [-0.25, -0.2) is 19.7 Å². The lowest BCUT2D eigenvalue weighted by Gasteiger charge is -2.24. The van der Waals surface area contributed by atoms with Gasteiger partial charge in [-0.1, -0.05) is 0 Å².